The number of nitrogens with one attached hydrogen (secondary N) is 1. The molecule has 0 heterocycles. The van der Waals surface area contributed by atoms with Crippen LogP contribution in [0, 0.1) is 5.92 Å². The van der Waals surface area contributed by atoms with Crippen LogP contribution in [0.25, 0.3) is 0 Å². The maximum absolute atomic E-state index is 12.1. The molecule has 0 aromatic heterocycles. The third-order valence-electron chi connectivity index (χ3n) is 3.12. The van der Waals surface area contributed by atoms with Crippen LogP contribution in [0.1, 0.15) is 23.2 Å². The highest BCUT2D eigenvalue weighted by Gasteiger charge is 2.31. The van der Waals surface area contributed by atoms with Crippen LogP contribution < -0.4 is 4.72 Å². The van der Waals surface area contributed by atoms with Crippen LogP contribution in [0.2, 0.25) is 0 Å². The average Bonchev–Trinajstić information content (AvgIpc) is 3.20. The summed E-state index contributed by atoms with van der Waals surface area (Å²) >= 11 is 3.09. The summed E-state index contributed by atoms with van der Waals surface area (Å²) in [5.74, 6) is -1.04. The highest BCUT2D eigenvalue weighted by atomic mass is 79.9. The number of carboxylic acid groups (broad SMARTS) is 1. The quantitative estimate of drug-likeness (QED) is 0.704. The number of aliphatic hydroxyl groups is 1. The minimum absolute atomic E-state index is 0.0727. The van der Waals surface area contributed by atoms with Crippen LogP contribution in [-0.2, 0) is 10.0 Å². The molecule has 8 heteroatoms. The Morgan fingerprint density at radius 1 is 1.45 bits per heavy atom. The van der Waals surface area contributed by atoms with Gasteiger partial charge < -0.3 is 10.2 Å². The summed E-state index contributed by atoms with van der Waals surface area (Å²) in [7, 11) is -3.87. The lowest BCUT2D eigenvalue weighted by Crippen LogP contribution is -2.33. The first-order valence-electron chi connectivity index (χ1n) is 6.02. The van der Waals surface area contributed by atoms with Crippen molar-refractivity contribution in [2.24, 2.45) is 5.92 Å². The Hall–Kier alpha value is -0.960. The maximum Gasteiger partial charge on any atom is 0.335 e. The van der Waals surface area contributed by atoms with E-state index in [2.05, 4.69) is 20.7 Å². The maximum atomic E-state index is 12.1. The summed E-state index contributed by atoms with van der Waals surface area (Å²) < 4.78 is 26.8. The van der Waals surface area contributed by atoms with Gasteiger partial charge in [-0.15, -0.1) is 0 Å². The molecule has 1 fully saturated rings. The molecule has 3 N–H and O–H groups in total. The van der Waals surface area contributed by atoms with E-state index in [1.54, 1.807) is 0 Å². The number of aromatic carboxylic acids is 1. The molecule has 1 aromatic carbocycles. The van der Waals surface area contributed by atoms with Crippen LogP contribution in [0.5, 0.6) is 0 Å². The number of carboxylic acids is 1. The predicted octanol–water partition coefficient (Wildman–Crippen LogP) is 1.20. The molecule has 6 nitrogen and oxygen atoms in total. The van der Waals surface area contributed by atoms with Gasteiger partial charge in [-0.25, -0.2) is 17.9 Å². The topological polar surface area (TPSA) is 104 Å². The molecule has 20 heavy (non-hydrogen) atoms. The van der Waals surface area contributed by atoms with Crippen LogP contribution >= 0.6 is 15.9 Å². The van der Waals surface area contributed by atoms with Crippen molar-refractivity contribution < 1.29 is 23.4 Å². The van der Waals surface area contributed by atoms with E-state index in [1.165, 1.54) is 12.1 Å². The van der Waals surface area contributed by atoms with Gasteiger partial charge in [-0.1, -0.05) is 0 Å². The minimum Gasteiger partial charge on any atom is -0.478 e. The van der Waals surface area contributed by atoms with E-state index in [0.717, 1.165) is 18.9 Å². The summed E-state index contributed by atoms with van der Waals surface area (Å²) in [6.07, 6.45) is 1.11. The van der Waals surface area contributed by atoms with Gasteiger partial charge in [-0.2, -0.15) is 0 Å². The Balaban J connectivity index is 2.19. The van der Waals surface area contributed by atoms with Crippen molar-refractivity contribution in [3.05, 3.63) is 28.2 Å². The Labute approximate surface area is 125 Å². The molecular formula is C12H14BrNO5S. The number of hydrogen-bond donors (Lipinski definition) is 3. The van der Waals surface area contributed by atoms with E-state index in [1.807, 2.05) is 0 Å². The van der Waals surface area contributed by atoms with Crippen LogP contribution in [0.15, 0.2) is 27.6 Å². The van der Waals surface area contributed by atoms with E-state index >= 15 is 0 Å². The summed E-state index contributed by atoms with van der Waals surface area (Å²) in [6, 6.07) is 3.76. The summed E-state index contributed by atoms with van der Waals surface area (Å²) in [6.45, 7) is -0.0727. The lowest BCUT2D eigenvalue weighted by Gasteiger charge is -2.12. The minimum atomic E-state index is -3.87. The Kier molecular flexibility index (Phi) is 4.48. The third kappa shape index (κ3) is 3.57. The van der Waals surface area contributed by atoms with Gasteiger partial charge in [-0.3, -0.25) is 0 Å². The fourth-order valence-corrected chi connectivity index (χ4v) is 3.80. The molecule has 1 aliphatic rings. The normalized spacial score (nSPS) is 16.9. The lowest BCUT2D eigenvalue weighted by molar-refractivity contribution is 0.0696. The molecule has 1 saturated carbocycles. The zero-order chi connectivity index (χ0) is 14.9. The molecule has 2 rings (SSSR count). The number of hydrogen-bond acceptors (Lipinski definition) is 4. The Morgan fingerprint density at radius 2 is 2.10 bits per heavy atom. The molecule has 1 unspecified atom stereocenters. The van der Waals surface area contributed by atoms with Crippen molar-refractivity contribution in [3.63, 3.8) is 0 Å². The fraction of sp³-hybridized carbons (Fsp3) is 0.417. The van der Waals surface area contributed by atoms with E-state index in [4.69, 9.17) is 5.11 Å². The molecule has 0 bridgehead atoms. The van der Waals surface area contributed by atoms with E-state index in [9.17, 15) is 18.3 Å². The largest absolute Gasteiger partial charge is 0.478 e. The van der Waals surface area contributed by atoms with Gasteiger partial charge >= 0.3 is 5.97 Å². The van der Waals surface area contributed by atoms with Gasteiger partial charge in [0, 0.05) is 11.0 Å². The molecule has 0 spiro atoms. The SMILES string of the molecule is O=C(O)c1ccc(Br)c(S(=O)(=O)NCC(O)C2CC2)c1. The fourth-order valence-electron chi connectivity index (χ4n) is 1.76. The van der Waals surface area contributed by atoms with Crippen molar-refractivity contribution in [1.82, 2.24) is 4.72 Å². The number of halogens is 1. The second kappa shape index (κ2) is 5.80. The number of rotatable bonds is 6. The number of carbonyl (C=O) groups is 1. The number of benzene rings is 1. The highest BCUT2D eigenvalue weighted by molar-refractivity contribution is 9.10. The molecule has 1 aliphatic carbocycles. The van der Waals surface area contributed by atoms with Crippen molar-refractivity contribution >= 4 is 31.9 Å². The first-order valence-corrected chi connectivity index (χ1v) is 8.29. The van der Waals surface area contributed by atoms with Gasteiger partial charge in [0.05, 0.1) is 16.6 Å². The molecular weight excluding hydrogens is 350 g/mol. The molecule has 0 saturated heterocycles. The van der Waals surface area contributed by atoms with E-state index in [0.29, 0.717) is 0 Å². The zero-order valence-electron chi connectivity index (χ0n) is 10.4. The lowest BCUT2D eigenvalue weighted by atomic mass is 10.2. The van der Waals surface area contributed by atoms with Crippen molar-refractivity contribution in [2.75, 3.05) is 6.54 Å². The number of aliphatic hydroxyl groups excluding tert-OH is 1. The standard InChI is InChI=1S/C12H14BrNO5S/c13-9-4-3-8(12(16)17)5-11(9)20(18,19)14-6-10(15)7-1-2-7/h3-5,7,10,14-15H,1-2,6H2,(H,16,17). The van der Waals surface area contributed by atoms with E-state index < -0.39 is 22.1 Å². The second-order valence-electron chi connectivity index (χ2n) is 4.71. The highest BCUT2D eigenvalue weighted by Crippen LogP contribution is 2.32. The number of sulfonamides is 1. The monoisotopic (exact) mass is 363 g/mol. The van der Waals surface area contributed by atoms with Gasteiger partial charge in [-0.05, 0) is 52.9 Å². The first kappa shape index (κ1) is 15.4. The van der Waals surface area contributed by atoms with Crippen LogP contribution in [0.3, 0.4) is 0 Å². The average molecular weight is 364 g/mol. The van der Waals surface area contributed by atoms with Crippen molar-refractivity contribution in [1.29, 1.82) is 0 Å². The summed E-state index contributed by atoms with van der Waals surface area (Å²) in [5.41, 5.74) is -0.115. The van der Waals surface area contributed by atoms with Crippen molar-refractivity contribution in [2.45, 2.75) is 23.8 Å². The third-order valence-corrected chi connectivity index (χ3v) is 5.53. The van der Waals surface area contributed by atoms with Crippen LogP contribution in [0.4, 0.5) is 0 Å². The van der Waals surface area contributed by atoms with Gasteiger partial charge in [0.2, 0.25) is 10.0 Å². The molecule has 0 amide bonds. The van der Waals surface area contributed by atoms with E-state index in [-0.39, 0.29) is 27.4 Å². The summed E-state index contributed by atoms with van der Waals surface area (Å²) in [5, 5.41) is 18.6. The summed E-state index contributed by atoms with van der Waals surface area (Å²) in [4.78, 5) is 10.7. The van der Waals surface area contributed by atoms with Crippen LogP contribution in [-0.4, -0.2) is 37.2 Å². The smallest absolute Gasteiger partial charge is 0.335 e. The van der Waals surface area contributed by atoms with Gasteiger partial charge in [0.1, 0.15) is 0 Å². The first-order chi connectivity index (χ1) is 9.31. The molecule has 1 atom stereocenters. The Bertz CT molecular complexity index is 627. The van der Waals surface area contributed by atoms with Gasteiger partial charge in [0.25, 0.3) is 0 Å². The molecule has 0 aliphatic heterocycles. The second-order valence-corrected chi connectivity index (χ2v) is 7.30. The molecule has 110 valence electrons. The molecule has 1 aromatic rings. The predicted molar refractivity (Wildman–Crippen MR) is 75.0 cm³/mol. The Morgan fingerprint density at radius 3 is 2.65 bits per heavy atom. The van der Waals surface area contributed by atoms with Crippen molar-refractivity contribution in [3.8, 4) is 0 Å². The zero-order valence-corrected chi connectivity index (χ0v) is 12.8. The van der Waals surface area contributed by atoms with Gasteiger partial charge in [0.15, 0.2) is 0 Å². The molecule has 0 radical (unpaired) electrons.